The largest absolute Gasteiger partial charge is 0.330 e. The summed E-state index contributed by atoms with van der Waals surface area (Å²) in [5.41, 5.74) is 5.33. The number of nitrogens with zero attached hydrogens (tertiary/aromatic N) is 3. The fourth-order valence-corrected chi connectivity index (χ4v) is 2.59. The van der Waals surface area contributed by atoms with E-state index in [1.54, 1.807) is 14.0 Å². The maximum Gasteiger partial charge on any atom is 0.160 e. The summed E-state index contributed by atoms with van der Waals surface area (Å²) in [6, 6.07) is 0. The Kier molecular flexibility index (Phi) is 3.81. The molecule has 0 fully saturated rings. The minimum absolute atomic E-state index is 0.0787. The number of aryl methyl sites for hydroxylation is 1. The van der Waals surface area contributed by atoms with Crippen molar-refractivity contribution in [2.75, 3.05) is 6.54 Å². The van der Waals surface area contributed by atoms with E-state index in [4.69, 9.17) is 5.73 Å². The highest BCUT2D eigenvalue weighted by atomic mass is 32.2. The van der Waals surface area contributed by atoms with Crippen LogP contribution in [0.3, 0.4) is 0 Å². The van der Waals surface area contributed by atoms with E-state index < -0.39 is 15.1 Å². The van der Waals surface area contributed by atoms with Crippen molar-refractivity contribution in [3.63, 3.8) is 0 Å². The van der Waals surface area contributed by atoms with Crippen LogP contribution in [-0.4, -0.2) is 35.0 Å². The van der Waals surface area contributed by atoms with Gasteiger partial charge in [-0.2, -0.15) is 5.10 Å². The Morgan fingerprint density at radius 2 is 2.27 bits per heavy atom. The van der Waals surface area contributed by atoms with Crippen LogP contribution in [0, 0.1) is 0 Å². The zero-order valence-corrected chi connectivity index (χ0v) is 9.74. The number of rotatable bonds is 5. The molecule has 0 aliphatic heterocycles. The number of sulfone groups is 1. The zero-order valence-electron chi connectivity index (χ0n) is 8.92. The molecule has 2 N–H and O–H groups in total. The third-order valence-electron chi connectivity index (χ3n) is 2.32. The van der Waals surface area contributed by atoms with Crippen molar-refractivity contribution in [3.05, 3.63) is 12.2 Å². The van der Waals surface area contributed by atoms with Gasteiger partial charge in [0.05, 0.1) is 5.25 Å². The van der Waals surface area contributed by atoms with Crippen molar-refractivity contribution in [2.45, 2.75) is 24.3 Å². The molecular weight excluding hydrogens is 216 g/mol. The first-order chi connectivity index (χ1) is 6.97. The van der Waals surface area contributed by atoms with Crippen molar-refractivity contribution in [1.82, 2.24) is 14.8 Å². The molecule has 0 bridgehead atoms. The predicted octanol–water partition coefficient (Wildman–Crippen LogP) is -0.533. The van der Waals surface area contributed by atoms with Crippen LogP contribution in [0.15, 0.2) is 6.33 Å². The summed E-state index contributed by atoms with van der Waals surface area (Å²) in [7, 11) is -1.50. The van der Waals surface area contributed by atoms with E-state index in [0.717, 1.165) is 0 Å². The Hall–Kier alpha value is -0.950. The molecular formula is C8H16N4O2S. The third-order valence-corrected chi connectivity index (χ3v) is 4.44. The Morgan fingerprint density at radius 3 is 2.73 bits per heavy atom. The van der Waals surface area contributed by atoms with E-state index in [0.29, 0.717) is 18.8 Å². The van der Waals surface area contributed by atoms with Crippen molar-refractivity contribution in [1.29, 1.82) is 0 Å². The molecule has 7 heteroatoms. The summed E-state index contributed by atoms with van der Waals surface area (Å²) in [5, 5.41) is 3.39. The van der Waals surface area contributed by atoms with Gasteiger partial charge >= 0.3 is 0 Å². The van der Waals surface area contributed by atoms with Crippen LogP contribution in [0.2, 0.25) is 0 Å². The Morgan fingerprint density at radius 1 is 1.60 bits per heavy atom. The van der Waals surface area contributed by atoms with Crippen LogP contribution in [0.4, 0.5) is 0 Å². The topological polar surface area (TPSA) is 90.9 Å². The highest BCUT2D eigenvalue weighted by Gasteiger charge is 2.22. The van der Waals surface area contributed by atoms with Crippen LogP contribution < -0.4 is 5.73 Å². The van der Waals surface area contributed by atoms with Crippen molar-refractivity contribution < 1.29 is 8.42 Å². The highest BCUT2D eigenvalue weighted by molar-refractivity contribution is 7.91. The normalized spacial score (nSPS) is 14.1. The fraction of sp³-hybridized carbons (Fsp3) is 0.750. The molecule has 0 amide bonds. The molecule has 0 aromatic carbocycles. The van der Waals surface area contributed by atoms with Gasteiger partial charge in [-0.1, -0.05) is 0 Å². The highest BCUT2D eigenvalue weighted by Crippen LogP contribution is 2.10. The number of nitrogens with two attached hydrogens (primary N) is 1. The predicted molar refractivity (Wildman–Crippen MR) is 56.8 cm³/mol. The summed E-state index contributed by atoms with van der Waals surface area (Å²) < 4.78 is 25.1. The first kappa shape index (κ1) is 12.1. The molecule has 0 aliphatic rings. The number of aromatic nitrogens is 3. The number of hydrogen-bond donors (Lipinski definition) is 1. The van der Waals surface area contributed by atoms with Gasteiger partial charge < -0.3 is 5.73 Å². The molecule has 0 saturated carbocycles. The molecule has 0 spiro atoms. The van der Waals surface area contributed by atoms with E-state index in [1.165, 1.54) is 11.0 Å². The first-order valence-electron chi connectivity index (χ1n) is 4.72. The van der Waals surface area contributed by atoms with Gasteiger partial charge in [-0.25, -0.2) is 13.4 Å². The smallest absolute Gasteiger partial charge is 0.160 e. The van der Waals surface area contributed by atoms with E-state index in [-0.39, 0.29) is 5.75 Å². The average Bonchev–Trinajstić information content (AvgIpc) is 2.52. The van der Waals surface area contributed by atoms with E-state index in [9.17, 15) is 8.42 Å². The van der Waals surface area contributed by atoms with Crippen LogP contribution >= 0.6 is 0 Å². The van der Waals surface area contributed by atoms with Crippen LogP contribution in [-0.2, 0) is 22.6 Å². The Bertz CT molecular complexity index is 412. The molecule has 15 heavy (non-hydrogen) atoms. The molecule has 1 aromatic rings. The van der Waals surface area contributed by atoms with Gasteiger partial charge in [-0.3, -0.25) is 4.68 Å². The molecule has 0 radical (unpaired) electrons. The van der Waals surface area contributed by atoms with E-state index >= 15 is 0 Å². The molecule has 1 unspecified atom stereocenters. The second kappa shape index (κ2) is 4.71. The molecule has 86 valence electrons. The maximum atomic E-state index is 11.8. The first-order valence-corrected chi connectivity index (χ1v) is 6.43. The minimum atomic E-state index is -3.17. The summed E-state index contributed by atoms with van der Waals surface area (Å²) in [4.78, 5) is 3.88. The molecule has 1 rings (SSSR count). The summed E-state index contributed by atoms with van der Waals surface area (Å²) in [6.07, 6.45) is 1.82. The van der Waals surface area contributed by atoms with Gasteiger partial charge in [0.2, 0.25) is 0 Å². The lowest BCUT2D eigenvalue weighted by Gasteiger charge is -2.10. The second-order valence-corrected chi connectivity index (χ2v) is 5.91. The van der Waals surface area contributed by atoms with Gasteiger partial charge in [-0.05, 0) is 19.9 Å². The molecule has 1 atom stereocenters. The van der Waals surface area contributed by atoms with E-state index in [1.807, 2.05) is 0 Å². The van der Waals surface area contributed by atoms with Crippen molar-refractivity contribution in [2.24, 2.45) is 12.8 Å². The lowest BCUT2D eigenvalue weighted by Crippen LogP contribution is -2.24. The van der Waals surface area contributed by atoms with Gasteiger partial charge in [0.1, 0.15) is 17.9 Å². The average molecular weight is 232 g/mol. The fourth-order valence-electron chi connectivity index (χ4n) is 1.19. The molecule has 1 aromatic heterocycles. The minimum Gasteiger partial charge on any atom is -0.330 e. The lowest BCUT2D eigenvalue weighted by atomic mass is 10.3. The van der Waals surface area contributed by atoms with Gasteiger partial charge in [0, 0.05) is 7.05 Å². The summed E-state index contributed by atoms with van der Waals surface area (Å²) >= 11 is 0. The standard InChI is InChI=1S/C8H16N4O2S/c1-7(3-4-9)15(13,14)5-8-10-6-11-12(8)2/h6-7H,3-5,9H2,1-2H3. The van der Waals surface area contributed by atoms with Crippen LogP contribution in [0.25, 0.3) is 0 Å². The summed E-state index contributed by atoms with van der Waals surface area (Å²) in [6.45, 7) is 2.04. The second-order valence-electron chi connectivity index (χ2n) is 3.50. The van der Waals surface area contributed by atoms with Gasteiger partial charge in [-0.15, -0.1) is 0 Å². The van der Waals surface area contributed by atoms with Gasteiger partial charge in [0.15, 0.2) is 9.84 Å². The molecule has 6 nitrogen and oxygen atoms in total. The van der Waals surface area contributed by atoms with Crippen molar-refractivity contribution in [3.8, 4) is 0 Å². The monoisotopic (exact) mass is 232 g/mol. The van der Waals surface area contributed by atoms with E-state index in [2.05, 4.69) is 10.1 Å². The molecule has 0 saturated heterocycles. The zero-order chi connectivity index (χ0) is 11.5. The van der Waals surface area contributed by atoms with Crippen LogP contribution in [0.5, 0.6) is 0 Å². The molecule has 0 aliphatic carbocycles. The third kappa shape index (κ3) is 3.00. The Labute approximate surface area is 89.4 Å². The lowest BCUT2D eigenvalue weighted by molar-refractivity contribution is 0.573. The molecule has 1 heterocycles. The van der Waals surface area contributed by atoms with Crippen LogP contribution in [0.1, 0.15) is 19.2 Å². The number of hydrogen-bond acceptors (Lipinski definition) is 5. The summed E-state index contributed by atoms with van der Waals surface area (Å²) in [5.74, 6) is 0.379. The van der Waals surface area contributed by atoms with Gasteiger partial charge in [0.25, 0.3) is 0 Å². The maximum absolute atomic E-state index is 11.8. The SMILES string of the molecule is CC(CCN)S(=O)(=O)Cc1ncnn1C. The quantitative estimate of drug-likeness (QED) is 0.736. The van der Waals surface area contributed by atoms with Crippen molar-refractivity contribution >= 4 is 9.84 Å². The Balaban J connectivity index is 2.77.